The number of ether oxygens (including phenoxy) is 2. The summed E-state index contributed by atoms with van der Waals surface area (Å²) < 4.78 is 34.3. The zero-order valence-electron chi connectivity index (χ0n) is 23.6. The molecule has 0 spiro atoms. The van der Waals surface area contributed by atoms with Gasteiger partial charge in [0.2, 0.25) is 0 Å². The molecule has 0 saturated heterocycles. The molecule has 0 atom stereocenters. The van der Waals surface area contributed by atoms with E-state index in [2.05, 4.69) is 67.5 Å². The molecule has 0 aromatic heterocycles. The second-order valence-corrected chi connectivity index (χ2v) is 12.0. The number of rotatable bonds is 9. The largest absolute Gasteiger partial charge is 0.457 e. The molecule has 5 rings (SSSR count). The predicted molar refractivity (Wildman–Crippen MR) is 163 cm³/mol. The highest BCUT2D eigenvalue weighted by Gasteiger charge is 2.27. The van der Waals surface area contributed by atoms with E-state index in [1.807, 2.05) is 42.5 Å². The lowest BCUT2D eigenvalue weighted by molar-refractivity contribution is -0.133. The molecule has 41 heavy (non-hydrogen) atoms. The van der Waals surface area contributed by atoms with E-state index < -0.39 is 9.84 Å². The number of esters is 1. The molecule has 1 heterocycles. The summed E-state index contributed by atoms with van der Waals surface area (Å²) in [6.45, 7) is 1.85. The molecule has 0 unspecified atom stereocenters. The average molecular weight is 570 g/mol. The maximum Gasteiger partial charge on any atom is 0.339 e. The number of likely N-dealkylation sites (N-methyl/N-ethyl adjacent to an activating group) is 1. The third kappa shape index (κ3) is 8.24. The quantitative estimate of drug-likeness (QED) is 0.233. The monoisotopic (exact) mass is 569 g/mol. The molecule has 1 aliphatic heterocycles. The third-order valence-corrected chi connectivity index (χ3v) is 7.70. The molecule has 7 heteroatoms. The molecule has 0 radical (unpaired) electrons. The summed E-state index contributed by atoms with van der Waals surface area (Å²) in [7, 11) is 0.884. The fourth-order valence-corrected chi connectivity index (χ4v) is 5.06. The lowest BCUT2D eigenvalue weighted by Gasteiger charge is -2.20. The maximum atomic E-state index is 12.0. The van der Waals surface area contributed by atoms with Crippen molar-refractivity contribution in [1.82, 2.24) is 4.90 Å². The number of nitrogens with zero attached hydrogens (tertiary/aromatic N) is 1. The number of hydrogen-bond donors (Lipinski definition) is 0. The van der Waals surface area contributed by atoms with Crippen LogP contribution in [0.3, 0.4) is 0 Å². The SMILES string of the molecule is CN(C)CCOC(c1ccccc1)c1ccccc1.CS(=O)(=O)c1ccc(C2=C(c3ccccc3)C(=O)OC2)cc1. The second-order valence-electron chi connectivity index (χ2n) is 9.97. The van der Waals surface area contributed by atoms with E-state index in [-0.39, 0.29) is 23.6 Å². The van der Waals surface area contributed by atoms with Crippen molar-refractivity contribution in [2.24, 2.45) is 0 Å². The minimum Gasteiger partial charge on any atom is -0.457 e. The van der Waals surface area contributed by atoms with Crippen molar-refractivity contribution in [3.8, 4) is 0 Å². The fourth-order valence-electron chi connectivity index (χ4n) is 4.43. The Labute approximate surface area is 242 Å². The molecular formula is C34H35NO5S. The van der Waals surface area contributed by atoms with Crippen LogP contribution in [-0.2, 0) is 24.1 Å². The summed E-state index contributed by atoms with van der Waals surface area (Å²) >= 11 is 0. The van der Waals surface area contributed by atoms with Gasteiger partial charge in [-0.3, -0.25) is 0 Å². The van der Waals surface area contributed by atoms with E-state index in [0.717, 1.165) is 29.9 Å². The van der Waals surface area contributed by atoms with Gasteiger partial charge in [0.1, 0.15) is 12.7 Å². The summed E-state index contributed by atoms with van der Waals surface area (Å²) in [6, 6.07) is 36.6. The highest BCUT2D eigenvalue weighted by atomic mass is 32.2. The molecule has 0 N–H and O–H groups in total. The highest BCUT2D eigenvalue weighted by Crippen LogP contribution is 2.33. The lowest BCUT2D eigenvalue weighted by Crippen LogP contribution is -2.20. The summed E-state index contributed by atoms with van der Waals surface area (Å²) in [6.07, 6.45) is 1.18. The Bertz CT molecular complexity index is 1510. The molecule has 212 valence electrons. The zero-order chi connectivity index (χ0) is 29.2. The molecule has 6 nitrogen and oxygen atoms in total. The van der Waals surface area contributed by atoms with Gasteiger partial charge in [-0.1, -0.05) is 103 Å². The van der Waals surface area contributed by atoms with Gasteiger partial charge < -0.3 is 14.4 Å². The van der Waals surface area contributed by atoms with Gasteiger partial charge in [-0.05, 0) is 48.5 Å². The van der Waals surface area contributed by atoms with Crippen LogP contribution < -0.4 is 0 Å². The molecule has 4 aromatic rings. The van der Waals surface area contributed by atoms with Crippen LogP contribution in [0.2, 0.25) is 0 Å². The number of carbonyl (C=O) groups is 1. The smallest absolute Gasteiger partial charge is 0.339 e. The minimum absolute atomic E-state index is 0.0161. The van der Waals surface area contributed by atoms with Crippen LogP contribution in [-0.4, -0.2) is 59.4 Å². The van der Waals surface area contributed by atoms with Gasteiger partial charge in [-0.15, -0.1) is 0 Å². The van der Waals surface area contributed by atoms with Crippen LogP contribution in [0.4, 0.5) is 0 Å². The van der Waals surface area contributed by atoms with Crippen LogP contribution in [0.25, 0.3) is 11.1 Å². The summed E-state index contributed by atoms with van der Waals surface area (Å²) in [5.74, 6) is -0.353. The van der Waals surface area contributed by atoms with Gasteiger partial charge in [0.25, 0.3) is 0 Å². The Balaban J connectivity index is 0.000000191. The number of hydrogen-bond acceptors (Lipinski definition) is 6. The molecule has 4 aromatic carbocycles. The summed E-state index contributed by atoms with van der Waals surface area (Å²) in [5, 5.41) is 0. The molecular weight excluding hydrogens is 534 g/mol. The van der Waals surface area contributed by atoms with Gasteiger partial charge in [0.05, 0.1) is 17.1 Å². The van der Waals surface area contributed by atoms with Crippen LogP contribution in [0.5, 0.6) is 0 Å². The van der Waals surface area contributed by atoms with Crippen molar-refractivity contribution in [3.63, 3.8) is 0 Å². The highest BCUT2D eigenvalue weighted by molar-refractivity contribution is 7.90. The van der Waals surface area contributed by atoms with E-state index in [1.165, 1.54) is 17.4 Å². The molecule has 1 aliphatic rings. The Morgan fingerprint density at radius 1 is 0.756 bits per heavy atom. The fraction of sp³-hybridized carbons (Fsp3) is 0.206. The summed E-state index contributed by atoms with van der Waals surface area (Å²) in [4.78, 5) is 14.4. The summed E-state index contributed by atoms with van der Waals surface area (Å²) in [5.41, 5.74) is 5.30. The first-order valence-electron chi connectivity index (χ1n) is 13.4. The third-order valence-electron chi connectivity index (χ3n) is 6.57. The Hall–Kier alpha value is -4.04. The van der Waals surface area contributed by atoms with Crippen molar-refractivity contribution in [2.45, 2.75) is 11.0 Å². The van der Waals surface area contributed by atoms with Crippen molar-refractivity contribution in [1.29, 1.82) is 0 Å². The van der Waals surface area contributed by atoms with Crippen LogP contribution in [0.15, 0.2) is 120 Å². The lowest BCUT2D eigenvalue weighted by atomic mass is 9.97. The van der Waals surface area contributed by atoms with E-state index >= 15 is 0 Å². The topological polar surface area (TPSA) is 72.9 Å². The molecule has 0 fully saturated rings. The second kappa shape index (κ2) is 14.0. The van der Waals surface area contributed by atoms with Crippen molar-refractivity contribution >= 4 is 27.0 Å². The molecule has 0 amide bonds. The van der Waals surface area contributed by atoms with Crippen LogP contribution in [0, 0.1) is 0 Å². The first kappa shape index (κ1) is 29.9. The minimum atomic E-state index is -3.23. The van der Waals surface area contributed by atoms with Crippen LogP contribution in [0.1, 0.15) is 28.4 Å². The maximum absolute atomic E-state index is 12.0. The number of carbonyl (C=O) groups excluding carboxylic acids is 1. The van der Waals surface area contributed by atoms with Gasteiger partial charge >= 0.3 is 5.97 Å². The van der Waals surface area contributed by atoms with Gasteiger partial charge in [0.15, 0.2) is 9.84 Å². The van der Waals surface area contributed by atoms with Gasteiger partial charge in [-0.25, -0.2) is 13.2 Å². The van der Waals surface area contributed by atoms with E-state index in [1.54, 1.807) is 24.3 Å². The van der Waals surface area contributed by atoms with E-state index in [0.29, 0.717) is 5.57 Å². The van der Waals surface area contributed by atoms with E-state index in [9.17, 15) is 13.2 Å². The van der Waals surface area contributed by atoms with Gasteiger partial charge in [-0.2, -0.15) is 0 Å². The Kier molecular flexibility index (Phi) is 10.2. The van der Waals surface area contributed by atoms with Crippen LogP contribution >= 0.6 is 0 Å². The Morgan fingerprint density at radius 3 is 1.76 bits per heavy atom. The molecule has 0 saturated carbocycles. The average Bonchev–Trinajstić information content (AvgIpc) is 3.38. The number of benzene rings is 4. The van der Waals surface area contributed by atoms with Crippen molar-refractivity contribution in [3.05, 3.63) is 138 Å². The van der Waals surface area contributed by atoms with Crippen molar-refractivity contribution < 1.29 is 22.7 Å². The first-order valence-corrected chi connectivity index (χ1v) is 15.3. The Morgan fingerprint density at radius 2 is 1.27 bits per heavy atom. The zero-order valence-corrected chi connectivity index (χ0v) is 24.4. The number of sulfone groups is 1. The predicted octanol–water partition coefficient (Wildman–Crippen LogP) is 5.91. The molecule has 0 aliphatic carbocycles. The molecule has 0 bridgehead atoms. The van der Waals surface area contributed by atoms with E-state index in [4.69, 9.17) is 9.47 Å². The first-order chi connectivity index (χ1) is 19.7. The van der Waals surface area contributed by atoms with Crippen molar-refractivity contribution in [2.75, 3.05) is 40.1 Å². The van der Waals surface area contributed by atoms with Gasteiger partial charge in [0, 0.05) is 18.4 Å². The number of cyclic esters (lactones) is 1. The normalized spacial score (nSPS) is 13.2. The standard InChI is InChI=1S/C17H21NO.C17H14O4S/c1-18(2)13-14-19-17(15-9-5-3-6-10-15)16-11-7-4-8-12-16;1-22(19,20)14-9-7-12(8-10-14)15-11-21-17(18)16(15)13-5-3-2-4-6-13/h3-12,17H,13-14H2,1-2H3;2-10H,11H2,1H3.